The number of nitrogens with zero attached hydrogens (tertiary/aromatic N) is 4. The molecule has 36 heavy (non-hydrogen) atoms. The van der Waals surface area contributed by atoms with E-state index in [1.807, 2.05) is 0 Å². The summed E-state index contributed by atoms with van der Waals surface area (Å²) in [4.78, 5) is 28.7. The molecule has 2 saturated heterocycles. The normalized spacial score (nSPS) is 21.4. The number of aliphatic hydroxyl groups is 1. The van der Waals surface area contributed by atoms with Gasteiger partial charge in [-0.2, -0.15) is 23.0 Å². The summed E-state index contributed by atoms with van der Waals surface area (Å²) in [5, 5.41) is 13.3. The minimum atomic E-state index is -4.60. The predicted molar refractivity (Wildman–Crippen MR) is 123 cm³/mol. The number of halogens is 3. The maximum atomic E-state index is 13.1. The van der Waals surface area contributed by atoms with E-state index in [1.165, 1.54) is 17.0 Å². The number of thiophene rings is 1. The molecule has 2 aliphatic heterocycles. The third-order valence-electron chi connectivity index (χ3n) is 6.33. The number of rotatable bonds is 7. The van der Waals surface area contributed by atoms with Crippen LogP contribution in [0.25, 0.3) is 10.6 Å². The number of aliphatic hydroxyl groups excluding tert-OH is 1. The zero-order valence-corrected chi connectivity index (χ0v) is 21.0. The van der Waals surface area contributed by atoms with E-state index in [4.69, 9.17) is 0 Å². The molecule has 0 spiro atoms. The van der Waals surface area contributed by atoms with Crippen LogP contribution in [-0.2, 0) is 32.8 Å². The summed E-state index contributed by atoms with van der Waals surface area (Å²) >= 11 is 0.743. The Balaban J connectivity index is 1.44. The van der Waals surface area contributed by atoms with Crippen molar-refractivity contribution in [3.63, 3.8) is 0 Å². The second-order valence-corrected chi connectivity index (χ2v) is 11.8. The summed E-state index contributed by atoms with van der Waals surface area (Å²) in [5.41, 5.74) is -0.979. The lowest BCUT2D eigenvalue weighted by atomic mass is 10.1. The molecule has 0 unspecified atom stereocenters. The third-order valence-corrected chi connectivity index (χ3v) is 9.40. The first-order chi connectivity index (χ1) is 16.9. The SMILES string of the molecule is Cn1nc(-c2ccc(S(=O)(=O)N[C@H]3CCCN(CC(=O)N4CCC[C@@H]4CO)C3=O)s2)cc1C(F)(F)F. The largest absolute Gasteiger partial charge is 0.433 e. The molecule has 2 atom stereocenters. The summed E-state index contributed by atoms with van der Waals surface area (Å²) in [6.45, 7) is 0.466. The maximum Gasteiger partial charge on any atom is 0.433 e. The summed E-state index contributed by atoms with van der Waals surface area (Å²) in [6.07, 6.45) is -2.40. The number of aromatic nitrogens is 2. The van der Waals surface area contributed by atoms with E-state index >= 15 is 0 Å². The Morgan fingerprint density at radius 2 is 1.97 bits per heavy atom. The second-order valence-electron chi connectivity index (χ2n) is 8.80. The molecule has 0 aliphatic carbocycles. The molecule has 0 saturated carbocycles. The Kier molecular flexibility index (Phi) is 7.46. The Morgan fingerprint density at radius 1 is 1.25 bits per heavy atom. The van der Waals surface area contributed by atoms with Crippen LogP contribution in [0.3, 0.4) is 0 Å². The van der Waals surface area contributed by atoms with E-state index in [-0.39, 0.29) is 46.3 Å². The summed E-state index contributed by atoms with van der Waals surface area (Å²) in [7, 11) is -3.01. The number of hydrogen-bond donors (Lipinski definition) is 2. The third kappa shape index (κ3) is 5.43. The number of nitrogens with one attached hydrogen (secondary N) is 1. The first kappa shape index (κ1) is 26.6. The van der Waals surface area contributed by atoms with Gasteiger partial charge in [-0.05, 0) is 43.9 Å². The van der Waals surface area contributed by atoms with Crippen molar-refractivity contribution in [1.29, 1.82) is 0 Å². The minimum absolute atomic E-state index is 0.0159. The van der Waals surface area contributed by atoms with Crippen LogP contribution in [0.1, 0.15) is 31.4 Å². The molecule has 0 bridgehead atoms. The zero-order chi connectivity index (χ0) is 26.3. The molecule has 4 heterocycles. The van der Waals surface area contributed by atoms with Gasteiger partial charge in [0.2, 0.25) is 11.8 Å². The van der Waals surface area contributed by atoms with Crippen molar-refractivity contribution >= 4 is 33.2 Å². The van der Waals surface area contributed by atoms with Crippen molar-refractivity contribution in [1.82, 2.24) is 24.3 Å². The van der Waals surface area contributed by atoms with Crippen molar-refractivity contribution in [2.45, 2.75) is 48.2 Å². The van der Waals surface area contributed by atoms with E-state index in [0.717, 1.165) is 30.9 Å². The average Bonchev–Trinajstić information content (AvgIpc) is 3.54. The van der Waals surface area contributed by atoms with Gasteiger partial charge in [-0.15, -0.1) is 11.3 Å². The number of carbonyl (C=O) groups is 2. The molecule has 2 amide bonds. The number of carbonyl (C=O) groups excluding carboxylic acids is 2. The van der Waals surface area contributed by atoms with Gasteiger partial charge in [-0.3, -0.25) is 14.3 Å². The number of aryl methyl sites for hydroxylation is 1. The van der Waals surface area contributed by atoms with Gasteiger partial charge in [0.25, 0.3) is 10.0 Å². The van der Waals surface area contributed by atoms with Crippen molar-refractivity contribution < 1.29 is 36.3 Å². The van der Waals surface area contributed by atoms with Crippen molar-refractivity contribution in [2.24, 2.45) is 7.05 Å². The molecule has 198 valence electrons. The van der Waals surface area contributed by atoms with Gasteiger partial charge < -0.3 is 14.9 Å². The fourth-order valence-corrected chi connectivity index (χ4v) is 7.02. The Bertz CT molecular complexity index is 1240. The van der Waals surface area contributed by atoms with Crippen LogP contribution < -0.4 is 4.72 Å². The van der Waals surface area contributed by atoms with Crippen LogP contribution >= 0.6 is 11.3 Å². The molecule has 2 aromatic heterocycles. The van der Waals surface area contributed by atoms with Gasteiger partial charge in [-0.1, -0.05) is 0 Å². The molecule has 2 aromatic rings. The van der Waals surface area contributed by atoms with Crippen molar-refractivity contribution in [2.75, 3.05) is 26.2 Å². The molecular formula is C21H26F3N5O5S2. The molecule has 2 N–H and O–H groups in total. The monoisotopic (exact) mass is 549 g/mol. The van der Waals surface area contributed by atoms with Crippen LogP contribution in [0.5, 0.6) is 0 Å². The quantitative estimate of drug-likeness (QED) is 0.538. The molecule has 4 rings (SSSR count). The number of likely N-dealkylation sites (tertiary alicyclic amines) is 2. The van der Waals surface area contributed by atoms with E-state index in [2.05, 4.69) is 9.82 Å². The van der Waals surface area contributed by atoms with E-state index in [9.17, 15) is 36.3 Å². The van der Waals surface area contributed by atoms with E-state index in [0.29, 0.717) is 30.6 Å². The summed E-state index contributed by atoms with van der Waals surface area (Å²) in [6, 6.07) is 2.12. The Morgan fingerprint density at radius 3 is 2.64 bits per heavy atom. The number of alkyl halides is 3. The molecule has 2 aliphatic rings. The van der Waals surface area contributed by atoms with Gasteiger partial charge in [0, 0.05) is 20.1 Å². The molecule has 0 radical (unpaired) electrons. The molecular weight excluding hydrogens is 523 g/mol. The number of amides is 2. The zero-order valence-electron chi connectivity index (χ0n) is 19.4. The van der Waals surface area contributed by atoms with Gasteiger partial charge >= 0.3 is 6.18 Å². The van der Waals surface area contributed by atoms with Crippen molar-refractivity contribution in [3.8, 4) is 10.6 Å². The predicted octanol–water partition coefficient (Wildman–Crippen LogP) is 1.42. The molecule has 2 fully saturated rings. The number of hydrogen-bond acceptors (Lipinski definition) is 7. The topological polar surface area (TPSA) is 125 Å². The lowest BCUT2D eigenvalue weighted by Gasteiger charge is -2.33. The molecule has 15 heteroatoms. The van der Waals surface area contributed by atoms with E-state index < -0.39 is 33.8 Å². The highest BCUT2D eigenvalue weighted by Gasteiger charge is 2.37. The maximum absolute atomic E-state index is 13.1. The van der Waals surface area contributed by atoms with Crippen LogP contribution in [-0.4, -0.2) is 83.2 Å². The fraction of sp³-hybridized carbons (Fsp3) is 0.571. The summed E-state index contributed by atoms with van der Waals surface area (Å²) < 4.78 is 68.0. The van der Waals surface area contributed by atoms with E-state index in [1.54, 1.807) is 4.90 Å². The first-order valence-electron chi connectivity index (χ1n) is 11.3. The van der Waals surface area contributed by atoms with Crippen LogP contribution in [0, 0.1) is 0 Å². The Hall–Kier alpha value is -2.49. The summed E-state index contributed by atoms with van der Waals surface area (Å²) in [5.74, 6) is -0.811. The van der Waals surface area contributed by atoms with Crippen molar-refractivity contribution in [3.05, 3.63) is 23.9 Å². The number of sulfonamides is 1. The van der Waals surface area contributed by atoms with Crippen LogP contribution in [0.2, 0.25) is 0 Å². The highest BCUT2D eigenvalue weighted by molar-refractivity contribution is 7.91. The van der Waals surface area contributed by atoms with Crippen LogP contribution in [0.4, 0.5) is 13.2 Å². The highest BCUT2D eigenvalue weighted by Crippen LogP contribution is 2.35. The lowest BCUT2D eigenvalue weighted by Crippen LogP contribution is -2.55. The molecule has 10 nitrogen and oxygen atoms in total. The minimum Gasteiger partial charge on any atom is -0.394 e. The first-order valence-corrected chi connectivity index (χ1v) is 13.6. The second kappa shape index (κ2) is 10.1. The fourth-order valence-electron chi connectivity index (χ4n) is 4.52. The standard InChI is InChI=1S/C21H26F3N5O5S2/c1-27-17(21(22,23)24)10-15(25-27)16-6-7-19(35-16)36(33,34)26-14-5-3-8-28(20(14)32)11-18(31)29-9-2-4-13(29)12-30/h6-7,10,13-14,26,30H,2-5,8-9,11-12H2,1H3/t13-,14+/m1/s1. The number of piperidine rings is 1. The van der Waals surface area contributed by atoms with Gasteiger partial charge in [0.15, 0.2) is 0 Å². The lowest BCUT2D eigenvalue weighted by molar-refractivity contribution is -0.143. The van der Waals surface area contributed by atoms with Gasteiger partial charge in [-0.25, -0.2) is 8.42 Å². The average molecular weight is 550 g/mol. The smallest absolute Gasteiger partial charge is 0.394 e. The van der Waals surface area contributed by atoms with Gasteiger partial charge in [0.1, 0.15) is 21.6 Å². The van der Waals surface area contributed by atoms with Crippen LogP contribution in [0.15, 0.2) is 22.4 Å². The highest BCUT2D eigenvalue weighted by atomic mass is 32.2. The van der Waals surface area contributed by atoms with Gasteiger partial charge in [0.05, 0.1) is 24.1 Å². The Labute approximate surface area is 209 Å². The molecule has 0 aromatic carbocycles.